The van der Waals surface area contributed by atoms with Gasteiger partial charge in [0.15, 0.2) is 0 Å². The summed E-state index contributed by atoms with van der Waals surface area (Å²) in [4.78, 5) is 2.62. The Labute approximate surface area is 95.4 Å². The van der Waals surface area contributed by atoms with Crippen molar-refractivity contribution in [1.29, 1.82) is 0 Å². The fraction of sp³-hybridized carbons (Fsp3) is 1.00. The number of nitrogens with one attached hydrogen (secondary N) is 1. The van der Waals surface area contributed by atoms with Gasteiger partial charge in [-0.25, -0.2) is 0 Å². The van der Waals surface area contributed by atoms with Crippen LogP contribution in [0.15, 0.2) is 0 Å². The molecular formula is C13H28N2. The molecule has 0 aliphatic carbocycles. The van der Waals surface area contributed by atoms with E-state index in [4.69, 9.17) is 0 Å². The summed E-state index contributed by atoms with van der Waals surface area (Å²) in [7, 11) is 0. The molecule has 90 valence electrons. The van der Waals surface area contributed by atoms with Gasteiger partial charge in [0.05, 0.1) is 0 Å². The summed E-state index contributed by atoms with van der Waals surface area (Å²) in [5, 5.41) is 3.62. The lowest BCUT2D eigenvalue weighted by Gasteiger charge is -2.32. The molecule has 0 spiro atoms. The summed E-state index contributed by atoms with van der Waals surface area (Å²) >= 11 is 0. The number of hydrogen-bond acceptors (Lipinski definition) is 2. The molecule has 0 radical (unpaired) electrons. The van der Waals surface area contributed by atoms with Crippen molar-refractivity contribution >= 4 is 0 Å². The molecule has 0 bridgehead atoms. The van der Waals surface area contributed by atoms with Crippen molar-refractivity contribution in [2.45, 2.75) is 53.1 Å². The molecule has 1 saturated heterocycles. The Bertz CT molecular complexity index is 177. The minimum Gasteiger partial charge on any atom is -0.312 e. The van der Waals surface area contributed by atoms with Crippen molar-refractivity contribution < 1.29 is 0 Å². The van der Waals surface area contributed by atoms with Crippen LogP contribution in [0.2, 0.25) is 0 Å². The van der Waals surface area contributed by atoms with Crippen LogP contribution in [0.5, 0.6) is 0 Å². The van der Waals surface area contributed by atoms with Crippen LogP contribution >= 0.6 is 0 Å². The maximum absolute atomic E-state index is 3.62. The monoisotopic (exact) mass is 212 g/mol. The van der Waals surface area contributed by atoms with Gasteiger partial charge < -0.3 is 5.32 Å². The Morgan fingerprint density at radius 2 is 1.93 bits per heavy atom. The Kier molecular flexibility index (Phi) is 5.07. The van der Waals surface area contributed by atoms with Crippen molar-refractivity contribution in [3.8, 4) is 0 Å². The first kappa shape index (κ1) is 13.0. The van der Waals surface area contributed by atoms with Gasteiger partial charge in [0.25, 0.3) is 0 Å². The fourth-order valence-corrected chi connectivity index (χ4v) is 2.36. The van der Waals surface area contributed by atoms with E-state index < -0.39 is 0 Å². The van der Waals surface area contributed by atoms with Gasteiger partial charge in [-0.05, 0) is 38.6 Å². The topological polar surface area (TPSA) is 15.3 Å². The average Bonchev–Trinajstić information content (AvgIpc) is 2.50. The lowest BCUT2D eigenvalue weighted by Crippen LogP contribution is -2.44. The van der Waals surface area contributed by atoms with Gasteiger partial charge >= 0.3 is 0 Å². The molecule has 15 heavy (non-hydrogen) atoms. The summed E-state index contributed by atoms with van der Waals surface area (Å²) in [6, 6.07) is 1.38. The van der Waals surface area contributed by atoms with Crippen LogP contribution in [0, 0.1) is 11.8 Å². The van der Waals surface area contributed by atoms with E-state index in [1.807, 2.05) is 0 Å². The van der Waals surface area contributed by atoms with E-state index in [9.17, 15) is 0 Å². The van der Waals surface area contributed by atoms with Gasteiger partial charge in [-0.3, -0.25) is 4.90 Å². The highest BCUT2D eigenvalue weighted by Crippen LogP contribution is 2.17. The summed E-state index contributed by atoms with van der Waals surface area (Å²) < 4.78 is 0. The lowest BCUT2D eigenvalue weighted by molar-refractivity contribution is 0.172. The fourth-order valence-electron chi connectivity index (χ4n) is 2.36. The van der Waals surface area contributed by atoms with E-state index >= 15 is 0 Å². The summed E-state index contributed by atoms with van der Waals surface area (Å²) in [6.07, 6.45) is 1.35. The molecule has 1 heterocycles. The molecule has 1 aliphatic rings. The van der Waals surface area contributed by atoms with Crippen LogP contribution < -0.4 is 5.32 Å². The third kappa shape index (κ3) is 4.12. The second-order valence-electron chi connectivity index (χ2n) is 5.77. The third-order valence-electron chi connectivity index (χ3n) is 3.45. The van der Waals surface area contributed by atoms with Crippen LogP contribution in [-0.2, 0) is 0 Å². The molecule has 2 heteroatoms. The van der Waals surface area contributed by atoms with Crippen LogP contribution in [0.4, 0.5) is 0 Å². The molecule has 1 aliphatic heterocycles. The standard InChI is InChI=1S/C13H28N2/c1-10(2)8-15(11(3)4)9-13-12(5)6-7-14-13/h10-14H,6-9H2,1-5H3. The average molecular weight is 212 g/mol. The highest BCUT2D eigenvalue weighted by molar-refractivity contribution is 4.84. The normalized spacial score (nSPS) is 27.2. The van der Waals surface area contributed by atoms with Crippen LogP contribution in [0.3, 0.4) is 0 Å². The second-order valence-corrected chi connectivity index (χ2v) is 5.77. The summed E-state index contributed by atoms with van der Waals surface area (Å²) in [5.41, 5.74) is 0. The van der Waals surface area contributed by atoms with E-state index in [2.05, 4.69) is 44.8 Å². The molecule has 1 N–H and O–H groups in total. The zero-order chi connectivity index (χ0) is 11.4. The van der Waals surface area contributed by atoms with Gasteiger partial charge in [0.1, 0.15) is 0 Å². The smallest absolute Gasteiger partial charge is 0.0221 e. The van der Waals surface area contributed by atoms with Crippen LogP contribution in [0.1, 0.15) is 41.0 Å². The predicted octanol–water partition coefficient (Wildman–Crippen LogP) is 2.35. The van der Waals surface area contributed by atoms with Crippen molar-refractivity contribution in [1.82, 2.24) is 10.2 Å². The highest BCUT2D eigenvalue weighted by Gasteiger charge is 2.25. The zero-order valence-corrected chi connectivity index (χ0v) is 11.1. The summed E-state index contributed by atoms with van der Waals surface area (Å²) in [5.74, 6) is 1.61. The first-order chi connectivity index (χ1) is 7.00. The second kappa shape index (κ2) is 5.86. The van der Waals surface area contributed by atoms with Crippen molar-refractivity contribution in [3.63, 3.8) is 0 Å². The van der Waals surface area contributed by atoms with Gasteiger partial charge in [-0.15, -0.1) is 0 Å². The van der Waals surface area contributed by atoms with Crippen LogP contribution in [0.25, 0.3) is 0 Å². The molecule has 1 fully saturated rings. The van der Waals surface area contributed by atoms with Crippen LogP contribution in [-0.4, -0.2) is 36.6 Å². The Balaban J connectivity index is 2.43. The number of rotatable bonds is 5. The largest absolute Gasteiger partial charge is 0.312 e. The molecule has 2 nitrogen and oxygen atoms in total. The minimum absolute atomic E-state index is 0.669. The molecule has 0 aromatic carbocycles. The van der Waals surface area contributed by atoms with Crippen molar-refractivity contribution in [2.75, 3.05) is 19.6 Å². The predicted molar refractivity (Wildman–Crippen MR) is 67.1 cm³/mol. The molecule has 0 amide bonds. The molecule has 0 aromatic rings. The molecule has 0 saturated carbocycles. The Morgan fingerprint density at radius 3 is 2.33 bits per heavy atom. The molecule has 0 aromatic heterocycles. The van der Waals surface area contributed by atoms with Gasteiger partial charge in [-0.2, -0.15) is 0 Å². The van der Waals surface area contributed by atoms with Gasteiger partial charge in [-0.1, -0.05) is 20.8 Å². The van der Waals surface area contributed by atoms with E-state index in [-0.39, 0.29) is 0 Å². The van der Waals surface area contributed by atoms with Crippen molar-refractivity contribution in [2.24, 2.45) is 11.8 Å². The molecule has 1 rings (SSSR count). The van der Waals surface area contributed by atoms with E-state index in [1.165, 1.54) is 26.1 Å². The Morgan fingerprint density at radius 1 is 1.27 bits per heavy atom. The van der Waals surface area contributed by atoms with Crippen molar-refractivity contribution in [3.05, 3.63) is 0 Å². The lowest BCUT2D eigenvalue weighted by atomic mass is 10.0. The maximum Gasteiger partial charge on any atom is 0.0221 e. The first-order valence-corrected chi connectivity index (χ1v) is 6.48. The van der Waals surface area contributed by atoms with E-state index in [1.54, 1.807) is 0 Å². The number of hydrogen-bond donors (Lipinski definition) is 1. The van der Waals surface area contributed by atoms with E-state index in [0.717, 1.165) is 11.8 Å². The Hall–Kier alpha value is -0.0800. The summed E-state index contributed by atoms with van der Waals surface area (Å²) in [6.45, 7) is 15.3. The molecule has 2 unspecified atom stereocenters. The maximum atomic E-state index is 3.62. The van der Waals surface area contributed by atoms with E-state index in [0.29, 0.717) is 12.1 Å². The minimum atomic E-state index is 0.669. The van der Waals surface area contributed by atoms with Gasteiger partial charge in [0, 0.05) is 25.2 Å². The first-order valence-electron chi connectivity index (χ1n) is 6.48. The SMILES string of the molecule is CC(C)CN(CC1NCCC1C)C(C)C. The quantitative estimate of drug-likeness (QED) is 0.752. The third-order valence-corrected chi connectivity index (χ3v) is 3.45. The zero-order valence-electron chi connectivity index (χ0n) is 11.1. The number of nitrogens with zero attached hydrogens (tertiary/aromatic N) is 1. The highest BCUT2D eigenvalue weighted by atomic mass is 15.2. The molecule has 2 atom stereocenters. The van der Waals surface area contributed by atoms with Gasteiger partial charge in [0.2, 0.25) is 0 Å². The molecular weight excluding hydrogens is 184 g/mol.